The number of hydrogen-bond donors (Lipinski definition) is 3. The van der Waals surface area contributed by atoms with Gasteiger partial charge in [-0.2, -0.15) is 4.98 Å². The number of carbonyl (C=O) groups is 1. The van der Waals surface area contributed by atoms with Crippen molar-refractivity contribution in [1.82, 2.24) is 15.3 Å². The third-order valence-corrected chi connectivity index (χ3v) is 3.81. The Morgan fingerprint density at radius 2 is 2.16 bits per heavy atom. The van der Waals surface area contributed by atoms with E-state index >= 15 is 0 Å². The molecule has 3 N–H and O–H groups in total. The van der Waals surface area contributed by atoms with E-state index in [4.69, 9.17) is 0 Å². The Labute approximate surface area is 111 Å². The first kappa shape index (κ1) is 13.7. The van der Waals surface area contributed by atoms with E-state index in [0.717, 1.165) is 24.8 Å². The summed E-state index contributed by atoms with van der Waals surface area (Å²) in [6.45, 7) is 3.44. The molecule has 1 amide bonds. The standard InChI is InChI=1S/C13H19N3O3/c1-8-10(9(2)15-12(19)14-8)6-11(18)16-13(7-17)4-3-5-13/h17H,3-7H2,1-2H3,(H,16,18)(H,14,15,19). The van der Waals surface area contributed by atoms with E-state index in [1.165, 1.54) is 0 Å². The molecule has 0 saturated heterocycles. The zero-order valence-electron chi connectivity index (χ0n) is 11.2. The van der Waals surface area contributed by atoms with Gasteiger partial charge >= 0.3 is 5.69 Å². The van der Waals surface area contributed by atoms with Crippen LogP contribution in [0.4, 0.5) is 0 Å². The second kappa shape index (κ2) is 5.13. The number of H-pyrrole nitrogens is 1. The molecule has 1 saturated carbocycles. The zero-order valence-corrected chi connectivity index (χ0v) is 11.2. The monoisotopic (exact) mass is 265 g/mol. The molecule has 0 radical (unpaired) electrons. The minimum atomic E-state index is -0.436. The van der Waals surface area contributed by atoms with Gasteiger partial charge < -0.3 is 15.4 Å². The molecule has 1 heterocycles. The van der Waals surface area contributed by atoms with Gasteiger partial charge in [-0.15, -0.1) is 0 Å². The predicted octanol–water partition coefficient (Wildman–Crippen LogP) is -0.0396. The molecule has 1 aliphatic carbocycles. The second-order valence-corrected chi connectivity index (χ2v) is 5.25. The summed E-state index contributed by atoms with van der Waals surface area (Å²) < 4.78 is 0. The molecular weight excluding hydrogens is 246 g/mol. The number of carbonyl (C=O) groups excluding carboxylic acids is 1. The molecule has 6 nitrogen and oxygen atoms in total. The molecule has 0 aliphatic heterocycles. The van der Waals surface area contributed by atoms with Crippen molar-refractivity contribution in [1.29, 1.82) is 0 Å². The van der Waals surface area contributed by atoms with Gasteiger partial charge in [-0.25, -0.2) is 4.79 Å². The number of aryl methyl sites for hydroxylation is 2. The lowest BCUT2D eigenvalue weighted by atomic mass is 9.77. The Hall–Kier alpha value is -1.69. The van der Waals surface area contributed by atoms with Crippen LogP contribution in [-0.2, 0) is 11.2 Å². The van der Waals surface area contributed by atoms with E-state index in [-0.39, 0.29) is 18.9 Å². The summed E-state index contributed by atoms with van der Waals surface area (Å²) in [7, 11) is 0. The summed E-state index contributed by atoms with van der Waals surface area (Å²) in [6.07, 6.45) is 2.83. The van der Waals surface area contributed by atoms with Crippen LogP contribution in [0.15, 0.2) is 4.79 Å². The summed E-state index contributed by atoms with van der Waals surface area (Å²) in [4.78, 5) is 29.6. The minimum Gasteiger partial charge on any atom is -0.394 e. The van der Waals surface area contributed by atoms with E-state index < -0.39 is 11.2 Å². The topological polar surface area (TPSA) is 95.1 Å². The van der Waals surface area contributed by atoms with Crippen LogP contribution in [0.2, 0.25) is 0 Å². The molecule has 2 rings (SSSR count). The number of hydrogen-bond acceptors (Lipinski definition) is 4. The number of rotatable bonds is 4. The minimum absolute atomic E-state index is 0.0272. The normalized spacial score (nSPS) is 16.8. The van der Waals surface area contributed by atoms with Crippen LogP contribution < -0.4 is 11.0 Å². The number of nitrogens with one attached hydrogen (secondary N) is 2. The molecule has 0 unspecified atom stereocenters. The molecular formula is C13H19N3O3. The summed E-state index contributed by atoms with van der Waals surface area (Å²) >= 11 is 0. The highest BCUT2D eigenvalue weighted by Crippen LogP contribution is 2.31. The highest BCUT2D eigenvalue weighted by Gasteiger charge is 2.37. The van der Waals surface area contributed by atoms with Crippen molar-refractivity contribution in [3.8, 4) is 0 Å². The van der Waals surface area contributed by atoms with Crippen molar-refractivity contribution in [3.05, 3.63) is 27.4 Å². The van der Waals surface area contributed by atoms with Crippen LogP contribution in [-0.4, -0.2) is 33.1 Å². The summed E-state index contributed by atoms with van der Waals surface area (Å²) in [5.41, 5.74) is 1.14. The first-order valence-corrected chi connectivity index (χ1v) is 6.44. The van der Waals surface area contributed by atoms with Gasteiger partial charge in [0.15, 0.2) is 0 Å². The summed E-state index contributed by atoms with van der Waals surface area (Å²) in [5, 5.41) is 12.2. The molecule has 6 heteroatoms. The maximum absolute atomic E-state index is 12.0. The molecule has 0 bridgehead atoms. The van der Waals surface area contributed by atoms with Gasteiger partial charge in [-0.05, 0) is 33.1 Å². The van der Waals surface area contributed by atoms with Crippen molar-refractivity contribution in [2.75, 3.05) is 6.61 Å². The Morgan fingerprint density at radius 3 is 2.63 bits per heavy atom. The van der Waals surface area contributed by atoms with Gasteiger partial charge in [0.25, 0.3) is 0 Å². The van der Waals surface area contributed by atoms with Crippen LogP contribution in [0.1, 0.15) is 36.2 Å². The van der Waals surface area contributed by atoms with Crippen molar-refractivity contribution in [3.63, 3.8) is 0 Å². The van der Waals surface area contributed by atoms with Crippen molar-refractivity contribution >= 4 is 5.91 Å². The smallest absolute Gasteiger partial charge is 0.345 e. The number of aliphatic hydroxyl groups excluding tert-OH is 1. The van der Waals surface area contributed by atoms with Crippen molar-refractivity contribution < 1.29 is 9.90 Å². The van der Waals surface area contributed by atoms with Gasteiger partial charge in [-0.1, -0.05) is 0 Å². The summed E-state index contributed by atoms with van der Waals surface area (Å²) in [6, 6.07) is 0. The highest BCUT2D eigenvalue weighted by atomic mass is 16.3. The molecule has 1 fully saturated rings. The first-order valence-electron chi connectivity index (χ1n) is 6.44. The molecule has 1 aliphatic rings. The fraction of sp³-hybridized carbons (Fsp3) is 0.615. The van der Waals surface area contributed by atoms with Crippen molar-refractivity contribution in [2.45, 2.75) is 45.1 Å². The lowest BCUT2D eigenvalue weighted by Gasteiger charge is -2.41. The number of nitrogens with zero attached hydrogens (tertiary/aromatic N) is 1. The Morgan fingerprint density at radius 1 is 1.47 bits per heavy atom. The molecule has 0 atom stereocenters. The van der Waals surface area contributed by atoms with Crippen LogP contribution in [0.3, 0.4) is 0 Å². The fourth-order valence-corrected chi connectivity index (χ4v) is 2.44. The Balaban J connectivity index is 2.09. The number of amides is 1. The molecule has 0 aromatic carbocycles. The summed E-state index contributed by atoms with van der Waals surface area (Å²) in [5.74, 6) is -0.145. The van der Waals surface area contributed by atoms with Crippen LogP contribution >= 0.6 is 0 Å². The quantitative estimate of drug-likeness (QED) is 0.712. The van der Waals surface area contributed by atoms with Gasteiger partial charge in [-0.3, -0.25) is 4.79 Å². The first-order chi connectivity index (χ1) is 8.96. The lowest BCUT2D eigenvalue weighted by Crippen LogP contribution is -2.56. The lowest BCUT2D eigenvalue weighted by molar-refractivity contribution is -0.124. The maximum atomic E-state index is 12.0. The molecule has 1 aromatic heterocycles. The molecule has 0 spiro atoms. The van der Waals surface area contributed by atoms with E-state index in [1.807, 2.05) is 0 Å². The van der Waals surface area contributed by atoms with Crippen LogP contribution in [0, 0.1) is 13.8 Å². The fourth-order valence-electron chi connectivity index (χ4n) is 2.44. The van der Waals surface area contributed by atoms with E-state index in [0.29, 0.717) is 11.4 Å². The zero-order chi connectivity index (χ0) is 14.0. The van der Waals surface area contributed by atoms with Gasteiger partial charge in [0, 0.05) is 17.0 Å². The highest BCUT2D eigenvalue weighted by molar-refractivity contribution is 5.80. The van der Waals surface area contributed by atoms with E-state index in [9.17, 15) is 14.7 Å². The Bertz CT molecular complexity index is 515. The van der Waals surface area contributed by atoms with Crippen LogP contribution in [0.25, 0.3) is 0 Å². The molecule has 19 heavy (non-hydrogen) atoms. The van der Waals surface area contributed by atoms with Crippen LogP contribution in [0.5, 0.6) is 0 Å². The largest absolute Gasteiger partial charge is 0.394 e. The average Bonchev–Trinajstić information content (AvgIpc) is 2.28. The Kier molecular flexibility index (Phi) is 3.71. The SMILES string of the molecule is Cc1nc(=O)[nH]c(C)c1CC(=O)NC1(CO)CCC1. The number of aromatic nitrogens is 2. The van der Waals surface area contributed by atoms with E-state index in [1.54, 1.807) is 13.8 Å². The van der Waals surface area contributed by atoms with Gasteiger partial charge in [0.2, 0.25) is 5.91 Å². The third-order valence-electron chi connectivity index (χ3n) is 3.81. The molecule has 104 valence electrons. The number of aromatic amines is 1. The molecule has 1 aromatic rings. The third kappa shape index (κ3) is 2.84. The van der Waals surface area contributed by atoms with E-state index in [2.05, 4.69) is 15.3 Å². The predicted molar refractivity (Wildman–Crippen MR) is 69.8 cm³/mol. The van der Waals surface area contributed by atoms with Crippen molar-refractivity contribution in [2.24, 2.45) is 0 Å². The van der Waals surface area contributed by atoms with Gasteiger partial charge in [0.1, 0.15) is 0 Å². The van der Waals surface area contributed by atoms with Gasteiger partial charge in [0.05, 0.1) is 18.6 Å². The average molecular weight is 265 g/mol. The second-order valence-electron chi connectivity index (χ2n) is 5.25. The maximum Gasteiger partial charge on any atom is 0.345 e. The number of aliphatic hydroxyl groups is 1.